The van der Waals surface area contributed by atoms with E-state index in [-0.39, 0.29) is 18.0 Å². The van der Waals surface area contributed by atoms with Crippen molar-refractivity contribution < 1.29 is 9.53 Å². The topological polar surface area (TPSA) is 89.0 Å². The number of aryl methyl sites for hydroxylation is 2. The molecule has 0 spiro atoms. The number of anilines is 1. The van der Waals surface area contributed by atoms with Crippen molar-refractivity contribution in [3.05, 3.63) is 64.1 Å². The Labute approximate surface area is 160 Å². The minimum atomic E-state index is -0.357. The molecule has 2 heterocycles. The normalized spacial score (nSPS) is 11.1. The molecule has 0 saturated heterocycles. The van der Waals surface area contributed by atoms with Crippen molar-refractivity contribution in [1.29, 1.82) is 0 Å². The van der Waals surface area contributed by atoms with Crippen LogP contribution in [0.2, 0.25) is 0 Å². The molecule has 142 valence electrons. The van der Waals surface area contributed by atoms with E-state index >= 15 is 0 Å². The molecule has 4 rings (SSSR count). The number of H-pyrrole nitrogens is 1. The smallest absolute Gasteiger partial charge is 0.291 e. The Morgan fingerprint density at radius 1 is 1.14 bits per heavy atom. The van der Waals surface area contributed by atoms with Gasteiger partial charge in [-0.2, -0.15) is 5.10 Å². The molecule has 0 atom stereocenters. The summed E-state index contributed by atoms with van der Waals surface area (Å²) in [6, 6.07) is 11.4. The van der Waals surface area contributed by atoms with Crippen LogP contribution >= 0.6 is 0 Å². The number of carbonyl (C=O) groups is 1. The quantitative estimate of drug-likeness (QED) is 0.573. The van der Waals surface area contributed by atoms with Gasteiger partial charge in [-0.15, -0.1) is 0 Å². The molecule has 2 N–H and O–H groups in total. The van der Waals surface area contributed by atoms with E-state index in [9.17, 15) is 9.59 Å². The van der Waals surface area contributed by atoms with Crippen molar-refractivity contribution in [3.8, 4) is 5.75 Å². The van der Waals surface area contributed by atoms with E-state index in [1.807, 2.05) is 44.2 Å². The van der Waals surface area contributed by atoms with E-state index < -0.39 is 0 Å². The molecule has 0 unspecified atom stereocenters. The maximum Gasteiger partial charge on any atom is 0.291 e. The number of hydrogen-bond donors (Lipinski definition) is 2. The molecule has 7 nitrogen and oxygen atoms in total. The van der Waals surface area contributed by atoms with E-state index in [0.717, 1.165) is 32.1 Å². The molecule has 0 bridgehead atoms. The Balaban J connectivity index is 1.66. The predicted octanol–water partition coefficient (Wildman–Crippen LogP) is 3.14. The van der Waals surface area contributed by atoms with Crippen LogP contribution in [0.5, 0.6) is 5.75 Å². The summed E-state index contributed by atoms with van der Waals surface area (Å²) in [4.78, 5) is 28.4. The van der Waals surface area contributed by atoms with Crippen molar-refractivity contribution >= 4 is 33.4 Å². The van der Waals surface area contributed by atoms with Crippen LogP contribution in [-0.4, -0.2) is 27.8 Å². The Morgan fingerprint density at radius 3 is 2.68 bits per heavy atom. The number of carbonyl (C=O) groups excluding carboxylic acids is 1. The third-order valence-electron chi connectivity index (χ3n) is 4.69. The zero-order valence-corrected chi connectivity index (χ0v) is 15.9. The first-order valence-electron chi connectivity index (χ1n) is 8.89. The number of rotatable bonds is 4. The summed E-state index contributed by atoms with van der Waals surface area (Å²) in [5.74, 6) is 0.200. The largest absolute Gasteiger partial charge is 0.495 e. The highest BCUT2D eigenvalue weighted by molar-refractivity contribution is 6.06. The average molecular weight is 376 g/mol. The molecule has 0 aliphatic carbocycles. The maximum atomic E-state index is 12.8. The molecule has 0 aliphatic heterocycles. The van der Waals surface area contributed by atoms with Crippen molar-refractivity contribution in [2.45, 2.75) is 20.4 Å². The van der Waals surface area contributed by atoms with Crippen LogP contribution in [0.25, 0.3) is 21.8 Å². The molecule has 2 aromatic heterocycles. The van der Waals surface area contributed by atoms with Crippen LogP contribution < -0.4 is 15.6 Å². The Bertz CT molecular complexity index is 1270. The van der Waals surface area contributed by atoms with Gasteiger partial charge in [-0.3, -0.25) is 9.59 Å². The third-order valence-corrected chi connectivity index (χ3v) is 4.69. The molecule has 2 aromatic carbocycles. The van der Waals surface area contributed by atoms with E-state index in [1.165, 1.54) is 7.11 Å². The number of aromatic amines is 1. The van der Waals surface area contributed by atoms with Gasteiger partial charge in [0, 0.05) is 16.3 Å². The molecule has 4 aromatic rings. The molecule has 0 saturated carbocycles. The summed E-state index contributed by atoms with van der Waals surface area (Å²) in [5, 5.41) is 8.67. The highest BCUT2D eigenvalue weighted by Gasteiger charge is 2.14. The number of aromatic nitrogens is 3. The van der Waals surface area contributed by atoms with Gasteiger partial charge in [0.15, 0.2) is 0 Å². The van der Waals surface area contributed by atoms with Crippen molar-refractivity contribution in [3.63, 3.8) is 0 Å². The van der Waals surface area contributed by atoms with Gasteiger partial charge in [0.2, 0.25) is 5.91 Å². The van der Waals surface area contributed by atoms with Gasteiger partial charge in [-0.05, 0) is 43.7 Å². The fourth-order valence-corrected chi connectivity index (χ4v) is 3.30. The lowest BCUT2D eigenvalue weighted by Crippen LogP contribution is -2.29. The number of nitrogens with zero attached hydrogens (tertiary/aromatic N) is 2. The molecule has 0 radical (unpaired) electrons. The van der Waals surface area contributed by atoms with Gasteiger partial charge in [0.1, 0.15) is 17.8 Å². The summed E-state index contributed by atoms with van der Waals surface area (Å²) in [5.41, 5.74) is 3.62. The lowest BCUT2D eigenvalue weighted by atomic mass is 10.1. The summed E-state index contributed by atoms with van der Waals surface area (Å²) < 4.78 is 6.43. The van der Waals surface area contributed by atoms with Gasteiger partial charge in [-0.1, -0.05) is 17.7 Å². The van der Waals surface area contributed by atoms with E-state index in [1.54, 1.807) is 12.3 Å². The third kappa shape index (κ3) is 3.11. The molecular formula is C21H20N4O3. The number of hydrogen-bond acceptors (Lipinski definition) is 4. The number of nitrogens with one attached hydrogen (secondary N) is 2. The second kappa shape index (κ2) is 6.84. The van der Waals surface area contributed by atoms with Gasteiger partial charge < -0.3 is 15.0 Å². The fraction of sp³-hybridized carbons (Fsp3) is 0.190. The first kappa shape index (κ1) is 17.8. The lowest BCUT2D eigenvalue weighted by Gasteiger charge is -2.11. The highest BCUT2D eigenvalue weighted by Crippen LogP contribution is 2.25. The number of ether oxygens (including phenoxy) is 1. The van der Waals surface area contributed by atoms with Crippen molar-refractivity contribution in [1.82, 2.24) is 14.8 Å². The SMILES string of the molecule is COc1ccc(C)cc1NC(=O)Cn1ncc2c([nH]c3ccc(C)cc32)c1=O. The minimum absolute atomic E-state index is 0.194. The first-order valence-corrected chi connectivity index (χ1v) is 8.89. The Hall–Kier alpha value is -3.61. The summed E-state index contributed by atoms with van der Waals surface area (Å²) in [6.07, 6.45) is 1.62. The summed E-state index contributed by atoms with van der Waals surface area (Å²) in [6.45, 7) is 3.73. The standard InChI is InChI=1S/C21H20N4O3/c1-12-4-6-16-14(8-12)15-10-22-25(21(27)20(15)24-16)11-19(26)23-17-9-13(2)5-7-18(17)28-3/h4-10,24H,11H2,1-3H3,(H,23,26). The van der Waals surface area contributed by atoms with Crippen molar-refractivity contribution in [2.75, 3.05) is 12.4 Å². The summed E-state index contributed by atoms with van der Waals surface area (Å²) >= 11 is 0. The number of benzene rings is 2. The van der Waals surface area contributed by atoms with Gasteiger partial charge in [0.05, 0.1) is 19.0 Å². The summed E-state index contributed by atoms with van der Waals surface area (Å²) in [7, 11) is 1.54. The lowest BCUT2D eigenvalue weighted by molar-refractivity contribution is -0.117. The van der Waals surface area contributed by atoms with Crippen LogP contribution in [-0.2, 0) is 11.3 Å². The van der Waals surface area contributed by atoms with Crippen LogP contribution in [0.1, 0.15) is 11.1 Å². The van der Waals surface area contributed by atoms with Gasteiger partial charge >= 0.3 is 0 Å². The average Bonchev–Trinajstić information content (AvgIpc) is 3.03. The molecule has 1 amide bonds. The van der Waals surface area contributed by atoms with Gasteiger partial charge in [0.25, 0.3) is 5.56 Å². The maximum absolute atomic E-state index is 12.8. The minimum Gasteiger partial charge on any atom is -0.495 e. The monoisotopic (exact) mass is 376 g/mol. The van der Waals surface area contributed by atoms with Crippen LogP contribution in [0.4, 0.5) is 5.69 Å². The van der Waals surface area contributed by atoms with E-state index in [4.69, 9.17) is 4.74 Å². The number of methoxy groups -OCH3 is 1. The van der Waals surface area contributed by atoms with Crippen LogP contribution in [0, 0.1) is 13.8 Å². The van der Waals surface area contributed by atoms with E-state index in [2.05, 4.69) is 15.4 Å². The fourth-order valence-electron chi connectivity index (χ4n) is 3.30. The predicted molar refractivity (Wildman–Crippen MR) is 109 cm³/mol. The molecule has 0 aliphatic rings. The van der Waals surface area contributed by atoms with Gasteiger partial charge in [-0.25, -0.2) is 4.68 Å². The van der Waals surface area contributed by atoms with E-state index in [0.29, 0.717) is 17.0 Å². The molecule has 7 heteroatoms. The first-order chi connectivity index (χ1) is 13.5. The van der Waals surface area contributed by atoms with Crippen LogP contribution in [0.15, 0.2) is 47.4 Å². The Kier molecular flexibility index (Phi) is 4.35. The second-order valence-electron chi connectivity index (χ2n) is 6.82. The highest BCUT2D eigenvalue weighted by atomic mass is 16.5. The molecule has 0 fully saturated rings. The van der Waals surface area contributed by atoms with Crippen molar-refractivity contribution in [2.24, 2.45) is 0 Å². The van der Waals surface area contributed by atoms with Crippen LogP contribution in [0.3, 0.4) is 0 Å². The Morgan fingerprint density at radius 2 is 1.89 bits per heavy atom. The number of fused-ring (bicyclic) bond motifs is 3. The number of amides is 1. The zero-order chi connectivity index (χ0) is 19.8. The molecular weight excluding hydrogens is 356 g/mol. The zero-order valence-electron chi connectivity index (χ0n) is 15.9. The second-order valence-corrected chi connectivity index (χ2v) is 6.82. The molecule has 28 heavy (non-hydrogen) atoms.